The second-order valence-electron chi connectivity index (χ2n) is 8.34. The molecular weight excluding hydrogens is 412 g/mol. The van der Waals surface area contributed by atoms with E-state index in [0.717, 1.165) is 26.1 Å². The number of ether oxygens (including phenoxy) is 6. The van der Waals surface area contributed by atoms with Crippen molar-refractivity contribution in [2.45, 2.75) is 81.9 Å². The van der Waals surface area contributed by atoms with Gasteiger partial charge in [-0.25, -0.2) is 0 Å². The predicted molar refractivity (Wildman–Crippen MR) is 110 cm³/mol. The SMILES string of the molecule is CCC(CC(O)C(C)O)(OCC(O)COCC1CCO1)OCC(O)COCC1CCO1. The number of hydrogen-bond donors (Lipinski definition) is 4. The van der Waals surface area contributed by atoms with Crippen LogP contribution in [0.15, 0.2) is 0 Å². The molecule has 6 unspecified atom stereocenters. The molecule has 0 bridgehead atoms. The van der Waals surface area contributed by atoms with Gasteiger partial charge < -0.3 is 48.8 Å². The molecule has 2 saturated heterocycles. The maximum absolute atomic E-state index is 10.2. The van der Waals surface area contributed by atoms with E-state index in [1.54, 1.807) is 0 Å². The number of aliphatic hydroxyl groups is 4. The van der Waals surface area contributed by atoms with E-state index in [9.17, 15) is 20.4 Å². The van der Waals surface area contributed by atoms with Gasteiger partial charge in [-0.1, -0.05) is 6.92 Å². The van der Waals surface area contributed by atoms with Crippen LogP contribution in [0.1, 0.15) is 39.5 Å². The van der Waals surface area contributed by atoms with Gasteiger partial charge in [0.15, 0.2) is 5.79 Å². The van der Waals surface area contributed by atoms with Crippen LogP contribution in [0.2, 0.25) is 0 Å². The summed E-state index contributed by atoms with van der Waals surface area (Å²) in [7, 11) is 0. The van der Waals surface area contributed by atoms with Crippen LogP contribution in [0.25, 0.3) is 0 Å². The lowest BCUT2D eigenvalue weighted by molar-refractivity contribution is -0.274. The van der Waals surface area contributed by atoms with E-state index < -0.39 is 30.2 Å². The quantitative estimate of drug-likeness (QED) is 0.203. The largest absolute Gasteiger partial charge is 0.391 e. The van der Waals surface area contributed by atoms with Gasteiger partial charge in [-0.15, -0.1) is 0 Å². The van der Waals surface area contributed by atoms with Gasteiger partial charge >= 0.3 is 0 Å². The molecule has 6 atom stereocenters. The van der Waals surface area contributed by atoms with Crippen LogP contribution < -0.4 is 0 Å². The fourth-order valence-electron chi connectivity index (χ4n) is 3.09. The lowest BCUT2D eigenvalue weighted by Gasteiger charge is -2.36. The fraction of sp³-hybridized carbons (Fsp3) is 1.00. The van der Waals surface area contributed by atoms with Gasteiger partial charge in [0.1, 0.15) is 12.2 Å². The number of hydrogen-bond acceptors (Lipinski definition) is 10. The predicted octanol–water partition coefficient (Wildman–Crippen LogP) is -0.409. The average Bonchev–Trinajstić information content (AvgIpc) is 2.67. The van der Waals surface area contributed by atoms with Gasteiger partial charge in [-0.2, -0.15) is 0 Å². The highest BCUT2D eigenvalue weighted by atomic mass is 16.7. The average molecular weight is 453 g/mol. The fourth-order valence-corrected chi connectivity index (χ4v) is 3.09. The van der Waals surface area contributed by atoms with Crippen molar-refractivity contribution in [1.82, 2.24) is 0 Å². The van der Waals surface area contributed by atoms with Gasteiger partial charge in [-0.3, -0.25) is 0 Å². The van der Waals surface area contributed by atoms with Crippen molar-refractivity contribution in [3.63, 3.8) is 0 Å². The Morgan fingerprint density at radius 1 is 0.839 bits per heavy atom. The smallest absolute Gasteiger partial charge is 0.170 e. The zero-order valence-electron chi connectivity index (χ0n) is 18.7. The first kappa shape index (κ1) is 26.8. The summed E-state index contributed by atoms with van der Waals surface area (Å²) in [5, 5.41) is 40.3. The van der Waals surface area contributed by atoms with Gasteiger partial charge in [0, 0.05) is 19.6 Å². The van der Waals surface area contributed by atoms with Gasteiger partial charge in [0.05, 0.1) is 64.1 Å². The summed E-state index contributed by atoms with van der Waals surface area (Å²) in [6.45, 7) is 5.60. The molecule has 2 aliphatic rings. The van der Waals surface area contributed by atoms with E-state index in [-0.39, 0.29) is 45.1 Å². The minimum atomic E-state index is -1.29. The van der Waals surface area contributed by atoms with Crippen LogP contribution in [-0.2, 0) is 28.4 Å². The Labute approximate surface area is 184 Å². The second-order valence-corrected chi connectivity index (χ2v) is 8.34. The Bertz CT molecular complexity index is 439. The van der Waals surface area contributed by atoms with Crippen LogP contribution in [0.5, 0.6) is 0 Å². The van der Waals surface area contributed by atoms with Gasteiger partial charge in [0.2, 0.25) is 0 Å². The maximum Gasteiger partial charge on any atom is 0.170 e. The summed E-state index contributed by atoms with van der Waals surface area (Å²) < 4.78 is 33.1. The minimum Gasteiger partial charge on any atom is -0.391 e. The van der Waals surface area contributed by atoms with Crippen LogP contribution in [0.4, 0.5) is 0 Å². The highest BCUT2D eigenvalue weighted by Crippen LogP contribution is 2.26. The van der Waals surface area contributed by atoms with Crippen LogP contribution in [0.3, 0.4) is 0 Å². The highest BCUT2D eigenvalue weighted by Gasteiger charge is 2.36. The summed E-state index contributed by atoms with van der Waals surface area (Å²) in [5.74, 6) is -1.29. The molecule has 0 aliphatic carbocycles. The van der Waals surface area contributed by atoms with E-state index in [2.05, 4.69) is 0 Å². The number of aliphatic hydroxyl groups excluding tert-OH is 4. The molecule has 0 radical (unpaired) electrons. The Hall–Kier alpha value is -0.400. The lowest BCUT2D eigenvalue weighted by Crippen LogP contribution is -2.45. The molecule has 31 heavy (non-hydrogen) atoms. The molecule has 2 rings (SSSR count). The molecule has 0 aromatic carbocycles. The second kappa shape index (κ2) is 14.0. The topological polar surface area (TPSA) is 136 Å². The van der Waals surface area contributed by atoms with E-state index in [4.69, 9.17) is 28.4 Å². The molecule has 2 heterocycles. The van der Waals surface area contributed by atoms with Crippen LogP contribution >= 0.6 is 0 Å². The summed E-state index contributed by atoms with van der Waals surface area (Å²) in [4.78, 5) is 0. The van der Waals surface area contributed by atoms with Crippen molar-refractivity contribution in [3.05, 3.63) is 0 Å². The standard InChI is InChI=1S/C21H40O10/c1-3-21(8-20(25)15(2)22,30-11-16(23)9-26-13-18-4-6-28-18)31-12-17(24)10-27-14-19-5-7-29-19/h15-20,22-25H,3-14H2,1-2H3. The first-order chi connectivity index (χ1) is 14.8. The molecule has 4 N–H and O–H groups in total. The molecule has 0 saturated carbocycles. The molecule has 184 valence electrons. The minimum absolute atomic E-state index is 0.0197. The zero-order valence-corrected chi connectivity index (χ0v) is 18.7. The summed E-state index contributed by atoms with van der Waals surface area (Å²) in [6.07, 6.45) is -1.45. The zero-order chi connectivity index (χ0) is 22.7. The maximum atomic E-state index is 10.2. The van der Waals surface area contributed by atoms with E-state index in [1.807, 2.05) is 6.92 Å². The first-order valence-electron chi connectivity index (χ1n) is 11.2. The normalized spacial score (nSPS) is 26.9. The Balaban J connectivity index is 1.77. The molecule has 0 spiro atoms. The Morgan fingerprint density at radius 2 is 1.29 bits per heavy atom. The molecule has 0 amide bonds. The third kappa shape index (κ3) is 9.95. The summed E-state index contributed by atoms with van der Waals surface area (Å²) in [5.41, 5.74) is 0. The van der Waals surface area contributed by atoms with Crippen LogP contribution in [-0.4, -0.2) is 116 Å². The third-order valence-electron chi connectivity index (χ3n) is 5.51. The molecule has 10 nitrogen and oxygen atoms in total. The molecule has 2 fully saturated rings. The summed E-state index contributed by atoms with van der Waals surface area (Å²) >= 11 is 0. The van der Waals surface area contributed by atoms with Gasteiger partial charge in [0.25, 0.3) is 0 Å². The lowest BCUT2D eigenvalue weighted by atomic mass is 10.0. The monoisotopic (exact) mass is 452 g/mol. The van der Waals surface area contributed by atoms with Crippen LogP contribution in [0, 0.1) is 0 Å². The molecule has 10 heteroatoms. The number of rotatable bonds is 18. The van der Waals surface area contributed by atoms with Crippen molar-refractivity contribution < 1.29 is 48.8 Å². The highest BCUT2D eigenvalue weighted by molar-refractivity contribution is 4.78. The van der Waals surface area contributed by atoms with Crippen molar-refractivity contribution in [2.24, 2.45) is 0 Å². The molecule has 0 aromatic heterocycles. The first-order valence-corrected chi connectivity index (χ1v) is 11.2. The van der Waals surface area contributed by atoms with E-state index in [1.165, 1.54) is 6.92 Å². The van der Waals surface area contributed by atoms with Crippen molar-refractivity contribution in [1.29, 1.82) is 0 Å². The Kier molecular flexibility index (Phi) is 12.1. The molecular formula is C21H40O10. The van der Waals surface area contributed by atoms with Gasteiger partial charge in [-0.05, 0) is 26.2 Å². The summed E-state index contributed by atoms with van der Waals surface area (Å²) in [6, 6.07) is 0. The van der Waals surface area contributed by atoms with Crippen molar-refractivity contribution in [2.75, 3.05) is 52.9 Å². The van der Waals surface area contributed by atoms with E-state index >= 15 is 0 Å². The Morgan fingerprint density at radius 3 is 1.61 bits per heavy atom. The molecule has 2 aliphatic heterocycles. The van der Waals surface area contributed by atoms with E-state index in [0.29, 0.717) is 19.6 Å². The third-order valence-corrected chi connectivity index (χ3v) is 5.51. The molecule has 0 aromatic rings. The van der Waals surface area contributed by atoms with Crippen molar-refractivity contribution in [3.8, 4) is 0 Å². The van der Waals surface area contributed by atoms with Crippen molar-refractivity contribution >= 4 is 0 Å².